The maximum absolute atomic E-state index is 13.2. The fraction of sp³-hybridized carbons (Fsp3) is 0.150. The van der Waals surface area contributed by atoms with Crippen molar-refractivity contribution in [1.29, 1.82) is 0 Å². The van der Waals surface area contributed by atoms with Crippen molar-refractivity contribution in [2.75, 3.05) is 4.90 Å². The summed E-state index contributed by atoms with van der Waals surface area (Å²) in [6.45, 7) is 0. The number of carbonyl (C=O) groups excluding carboxylic acids is 1. The predicted molar refractivity (Wildman–Crippen MR) is 99.0 cm³/mol. The Kier molecular flexibility index (Phi) is 3.93. The maximum atomic E-state index is 13.2. The van der Waals surface area contributed by atoms with Gasteiger partial charge in [-0.15, -0.1) is 11.3 Å². The number of hydrogen-bond acceptors (Lipinski definition) is 4. The van der Waals surface area contributed by atoms with Gasteiger partial charge in [-0.1, -0.05) is 6.07 Å². The van der Waals surface area contributed by atoms with Gasteiger partial charge in [0, 0.05) is 5.69 Å². The highest BCUT2D eigenvalue weighted by molar-refractivity contribution is 7.12. The van der Waals surface area contributed by atoms with Gasteiger partial charge in [-0.3, -0.25) is 9.69 Å². The largest absolute Gasteiger partial charge is 0.508 e. The summed E-state index contributed by atoms with van der Waals surface area (Å²) in [5.74, 6) is 0.617. The number of carbonyl (C=O) groups is 1. The zero-order chi connectivity index (χ0) is 17.4. The first-order valence-corrected chi connectivity index (χ1v) is 9.01. The van der Waals surface area contributed by atoms with Gasteiger partial charge in [-0.25, -0.2) is 0 Å². The van der Waals surface area contributed by atoms with Crippen molar-refractivity contribution in [3.63, 3.8) is 0 Å². The van der Waals surface area contributed by atoms with Gasteiger partial charge in [0.1, 0.15) is 11.5 Å². The number of nitrogens with zero attached hydrogens (tertiary/aromatic N) is 1. The number of rotatable bonds is 4. The summed E-state index contributed by atoms with van der Waals surface area (Å²) < 4.78 is 0. The average Bonchev–Trinajstić information content (AvgIpc) is 3.31. The van der Waals surface area contributed by atoms with Gasteiger partial charge in [0.05, 0.1) is 10.6 Å². The van der Waals surface area contributed by atoms with E-state index in [1.807, 2.05) is 11.4 Å². The lowest BCUT2D eigenvalue weighted by Crippen LogP contribution is -2.26. The second-order valence-corrected chi connectivity index (χ2v) is 7.10. The van der Waals surface area contributed by atoms with E-state index in [-0.39, 0.29) is 17.4 Å². The van der Waals surface area contributed by atoms with Crippen LogP contribution in [0.2, 0.25) is 0 Å². The molecule has 4 nitrogen and oxygen atoms in total. The van der Waals surface area contributed by atoms with Crippen molar-refractivity contribution in [3.8, 4) is 11.5 Å². The number of anilines is 2. The normalized spacial score (nSPS) is 13.6. The molecule has 126 valence electrons. The molecule has 0 aliphatic heterocycles. The first-order chi connectivity index (χ1) is 12.1. The molecule has 0 spiro atoms. The molecule has 5 heteroatoms. The highest BCUT2D eigenvalue weighted by Crippen LogP contribution is 2.47. The lowest BCUT2D eigenvalue weighted by molar-refractivity contribution is 0.100. The second-order valence-electron chi connectivity index (χ2n) is 6.15. The van der Waals surface area contributed by atoms with Crippen LogP contribution in [-0.4, -0.2) is 16.1 Å². The summed E-state index contributed by atoms with van der Waals surface area (Å²) in [6.07, 6.45) is 2.13. The van der Waals surface area contributed by atoms with Crippen LogP contribution in [-0.2, 0) is 0 Å². The smallest absolute Gasteiger partial charge is 0.272 e. The lowest BCUT2D eigenvalue weighted by atomic mass is 10.1. The van der Waals surface area contributed by atoms with Crippen molar-refractivity contribution >= 4 is 28.6 Å². The minimum absolute atomic E-state index is 0.117. The van der Waals surface area contributed by atoms with Crippen molar-refractivity contribution in [3.05, 3.63) is 70.4 Å². The van der Waals surface area contributed by atoms with Crippen molar-refractivity contribution in [2.45, 2.75) is 18.8 Å². The fourth-order valence-corrected chi connectivity index (χ4v) is 3.60. The molecule has 1 aliphatic carbocycles. The van der Waals surface area contributed by atoms with E-state index in [2.05, 4.69) is 0 Å². The second kappa shape index (κ2) is 6.26. The molecule has 0 unspecified atom stereocenters. The fourth-order valence-electron chi connectivity index (χ4n) is 2.94. The van der Waals surface area contributed by atoms with E-state index in [1.54, 1.807) is 53.4 Å². The molecule has 3 aromatic rings. The molecule has 0 bridgehead atoms. The van der Waals surface area contributed by atoms with Gasteiger partial charge < -0.3 is 10.2 Å². The Morgan fingerprint density at radius 1 is 1.00 bits per heavy atom. The van der Waals surface area contributed by atoms with E-state index in [0.29, 0.717) is 16.5 Å². The number of amides is 1. The number of phenolic OH excluding ortho intramolecular Hbond substituents is 2. The Bertz CT molecular complexity index is 899. The Morgan fingerprint density at radius 3 is 2.36 bits per heavy atom. The van der Waals surface area contributed by atoms with Gasteiger partial charge in [-0.05, 0) is 78.2 Å². The van der Waals surface area contributed by atoms with Crippen molar-refractivity contribution < 1.29 is 15.0 Å². The Hall–Kier alpha value is -2.79. The highest BCUT2D eigenvalue weighted by atomic mass is 32.1. The first-order valence-electron chi connectivity index (χ1n) is 8.13. The molecule has 1 aliphatic rings. The zero-order valence-electron chi connectivity index (χ0n) is 13.4. The molecule has 0 atom stereocenters. The summed E-state index contributed by atoms with van der Waals surface area (Å²) in [6, 6.07) is 15.4. The zero-order valence-corrected chi connectivity index (χ0v) is 14.2. The monoisotopic (exact) mass is 351 g/mol. The molecule has 0 radical (unpaired) electrons. The van der Waals surface area contributed by atoms with Gasteiger partial charge in [0.25, 0.3) is 5.91 Å². The van der Waals surface area contributed by atoms with Crippen molar-refractivity contribution in [1.82, 2.24) is 0 Å². The van der Waals surface area contributed by atoms with Crippen molar-refractivity contribution in [2.24, 2.45) is 0 Å². The van der Waals surface area contributed by atoms with E-state index in [9.17, 15) is 15.0 Å². The number of thiophene rings is 1. The SMILES string of the molecule is O=C(c1cccs1)N(c1ccc(O)cc1)c1ccc(O)cc1C1CC1. The van der Waals surface area contributed by atoms with Crippen LogP contribution in [0.4, 0.5) is 11.4 Å². The summed E-state index contributed by atoms with van der Waals surface area (Å²) in [7, 11) is 0. The predicted octanol–water partition coefficient (Wildman–Crippen LogP) is 5.02. The molecule has 1 saturated carbocycles. The quantitative estimate of drug-likeness (QED) is 0.694. The van der Waals surface area contributed by atoms with Crippen LogP contribution in [0.5, 0.6) is 11.5 Å². The van der Waals surface area contributed by atoms with Crippen LogP contribution >= 0.6 is 11.3 Å². The molecule has 1 amide bonds. The van der Waals surface area contributed by atoms with Gasteiger partial charge >= 0.3 is 0 Å². The number of phenols is 2. The van der Waals surface area contributed by atoms with Crippen LogP contribution in [0.1, 0.15) is 34.0 Å². The van der Waals surface area contributed by atoms with E-state index in [0.717, 1.165) is 24.1 Å². The average molecular weight is 351 g/mol. The van der Waals surface area contributed by atoms with E-state index in [4.69, 9.17) is 0 Å². The molecule has 2 N–H and O–H groups in total. The minimum atomic E-state index is -0.117. The molecule has 2 aromatic carbocycles. The minimum Gasteiger partial charge on any atom is -0.508 e. The third kappa shape index (κ3) is 3.10. The lowest BCUT2D eigenvalue weighted by Gasteiger charge is -2.25. The topological polar surface area (TPSA) is 60.8 Å². The van der Waals surface area contributed by atoms with Gasteiger partial charge in [-0.2, -0.15) is 0 Å². The Morgan fingerprint density at radius 2 is 1.72 bits per heavy atom. The highest BCUT2D eigenvalue weighted by Gasteiger charge is 2.31. The molecule has 25 heavy (non-hydrogen) atoms. The van der Waals surface area contributed by atoms with Crippen LogP contribution < -0.4 is 4.90 Å². The van der Waals surface area contributed by atoms with Crippen LogP contribution in [0.15, 0.2) is 60.0 Å². The molecular formula is C20H17NO3S. The molecule has 1 fully saturated rings. The number of hydrogen-bond donors (Lipinski definition) is 2. The van der Waals surface area contributed by atoms with E-state index in [1.165, 1.54) is 11.3 Å². The summed E-state index contributed by atoms with van der Waals surface area (Å²) in [5.41, 5.74) is 2.45. The summed E-state index contributed by atoms with van der Waals surface area (Å²) in [4.78, 5) is 15.5. The van der Waals surface area contributed by atoms with Crippen LogP contribution in [0.25, 0.3) is 0 Å². The summed E-state index contributed by atoms with van der Waals surface area (Å²) >= 11 is 1.39. The number of benzene rings is 2. The molecule has 4 rings (SSSR count). The maximum Gasteiger partial charge on any atom is 0.272 e. The molecule has 1 aromatic heterocycles. The molecule has 0 saturated heterocycles. The Balaban J connectivity index is 1.86. The van der Waals surface area contributed by atoms with Crippen LogP contribution in [0.3, 0.4) is 0 Å². The van der Waals surface area contributed by atoms with Gasteiger partial charge in [0.15, 0.2) is 0 Å². The third-order valence-corrected chi connectivity index (χ3v) is 5.17. The molecular weight excluding hydrogens is 334 g/mol. The number of aromatic hydroxyl groups is 2. The standard InChI is InChI=1S/C20H17NO3S/c22-15-7-5-14(6-8-15)21(20(24)19-2-1-11-25-19)18-10-9-16(23)12-17(18)13-3-4-13/h1-2,5-13,22-23H,3-4H2. The molecule has 1 heterocycles. The van der Waals surface area contributed by atoms with Gasteiger partial charge in [0.2, 0.25) is 0 Å². The first kappa shape index (κ1) is 15.7. The summed E-state index contributed by atoms with van der Waals surface area (Å²) in [5, 5.41) is 21.4. The Labute approximate surface area is 149 Å². The van der Waals surface area contributed by atoms with Crippen LogP contribution in [0, 0.1) is 0 Å². The van der Waals surface area contributed by atoms with E-state index < -0.39 is 0 Å². The van der Waals surface area contributed by atoms with E-state index >= 15 is 0 Å². The third-order valence-electron chi connectivity index (χ3n) is 4.31.